The molecule has 0 aliphatic carbocycles. The highest BCUT2D eigenvalue weighted by Crippen LogP contribution is 2.29. The molecule has 3 unspecified atom stereocenters. The van der Waals surface area contributed by atoms with E-state index in [0.717, 1.165) is 0 Å². The molecule has 0 bridgehead atoms. The second-order valence-electron chi connectivity index (χ2n) is 6.95. The zero-order valence-electron chi connectivity index (χ0n) is 14.7. The molecule has 0 aromatic rings. The zero-order valence-corrected chi connectivity index (χ0v) is 14.7. The van der Waals surface area contributed by atoms with Gasteiger partial charge in [0.1, 0.15) is 54.9 Å². The Hall–Kier alpha value is -0.520. The van der Waals surface area contributed by atoms with E-state index in [2.05, 4.69) is 0 Å². The molecule has 3 heterocycles. The van der Waals surface area contributed by atoms with Gasteiger partial charge in [-0.2, -0.15) is 0 Å². The van der Waals surface area contributed by atoms with Crippen LogP contribution < -0.4 is 0 Å². The SMILES string of the molecule is OC[C@@H]1O[C@@H](O[C@@H]2C(O)[C@H](O[C@@H]3CO[C@@H](O)C(O)[C@H]3O)OC[C@H]2O)C(O)[C@@H]1O. The number of hydrogen-bond donors (Lipinski definition) is 8. The Morgan fingerprint density at radius 2 is 1.43 bits per heavy atom. The fourth-order valence-electron chi connectivity index (χ4n) is 3.26. The van der Waals surface area contributed by atoms with E-state index >= 15 is 0 Å². The van der Waals surface area contributed by atoms with E-state index in [1.54, 1.807) is 0 Å². The Kier molecular flexibility index (Phi) is 7.20. The van der Waals surface area contributed by atoms with Crippen molar-refractivity contribution < 1.29 is 64.5 Å². The fraction of sp³-hybridized carbons (Fsp3) is 1.00. The first-order chi connectivity index (χ1) is 13.2. The van der Waals surface area contributed by atoms with Crippen molar-refractivity contribution in [3.63, 3.8) is 0 Å². The zero-order chi connectivity index (χ0) is 20.6. The summed E-state index contributed by atoms with van der Waals surface area (Å²) < 4.78 is 26.0. The molecule has 0 amide bonds. The minimum absolute atomic E-state index is 0.297. The van der Waals surface area contributed by atoms with Crippen LogP contribution >= 0.6 is 0 Å². The molecule has 0 aromatic carbocycles. The Morgan fingerprint density at radius 1 is 0.714 bits per heavy atom. The predicted octanol–water partition coefficient (Wildman–Crippen LogP) is -5.66. The summed E-state index contributed by atoms with van der Waals surface area (Å²) in [5.74, 6) is 0. The summed E-state index contributed by atoms with van der Waals surface area (Å²) in [6.07, 6.45) is -17.1. The Labute approximate surface area is 159 Å². The molecule has 164 valence electrons. The molecule has 3 rings (SSSR count). The van der Waals surface area contributed by atoms with Crippen molar-refractivity contribution in [1.82, 2.24) is 0 Å². The first-order valence-corrected chi connectivity index (χ1v) is 8.81. The van der Waals surface area contributed by atoms with Crippen LogP contribution in [0.25, 0.3) is 0 Å². The van der Waals surface area contributed by atoms with E-state index in [1.165, 1.54) is 0 Å². The van der Waals surface area contributed by atoms with Gasteiger partial charge in [-0.25, -0.2) is 0 Å². The standard InChI is InChI=1S/C15H26O13/c16-1-5-7(18)10(21)15(26-5)28-12-4(17)2-25-14(11(12)22)27-6-3-24-13(23)9(20)8(6)19/h4-23H,1-3H2/t4-,5+,6-,7-,8+,9?,10?,11?,12+,13-,14+,15+/m1/s1. The largest absolute Gasteiger partial charge is 0.394 e. The molecule has 0 saturated carbocycles. The van der Waals surface area contributed by atoms with Gasteiger partial charge < -0.3 is 64.5 Å². The molecular weight excluding hydrogens is 388 g/mol. The minimum atomic E-state index is -1.63. The fourth-order valence-corrected chi connectivity index (χ4v) is 3.26. The Morgan fingerprint density at radius 3 is 2.07 bits per heavy atom. The second-order valence-corrected chi connectivity index (χ2v) is 6.95. The molecular formula is C15H26O13. The summed E-state index contributed by atoms with van der Waals surface area (Å²) in [6.45, 7) is -1.21. The molecule has 0 aromatic heterocycles. The van der Waals surface area contributed by atoms with Gasteiger partial charge in [0.05, 0.1) is 19.8 Å². The number of aliphatic hydroxyl groups is 8. The molecule has 3 aliphatic rings. The average molecular weight is 414 g/mol. The topological polar surface area (TPSA) is 208 Å². The van der Waals surface area contributed by atoms with Gasteiger partial charge in [-0.05, 0) is 0 Å². The molecule has 13 heteroatoms. The van der Waals surface area contributed by atoms with Crippen molar-refractivity contribution in [3.8, 4) is 0 Å². The number of ether oxygens (including phenoxy) is 5. The van der Waals surface area contributed by atoms with Gasteiger partial charge in [0.2, 0.25) is 0 Å². The van der Waals surface area contributed by atoms with Gasteiger partial charge in [0, 0.05) is 0 Å². The minimum Gasteiger partial charge on any atom is -0.394 e. The van der Waals surface area contributed by atoms with Gasteiger partial charge >= 0.3 is 0 Å². The lowest BCUT2D eigenvalue weighted by molar-refractivity contribution is -0.338. The third-order valence-corrected chi connectivity index (χ3v) is 4.98. The summed E-state index contributed by atoms with van der Waals surface area (Å²) >= 11 is 0. The third-order valence-electron chi connectivity index (χ3n) is 4.98. The first-order valence-electron chi connectivity index (χ1n) is 8.81. The number of rotatable bonds is 5. The third kappa shape index (κ3) is 4.32. The molecule has 3 fully saturated rings. The van der Waals surface area contributed by atoms with Crippen LogP contribution in [0.4, 0.5) is 0 Å². The second kappa shape index (κ2) is 9.09. The van der Waals surface area contributed by atoms with Crippen molar-refractivity contribution in [3.05, 3.63) is 0 Å². The van der Waals surface area contributed by atoms with Crippen LogP contribution in [0.2, 0.25) is 0 Å². The van der Waals surface area contributed by atoms with Crippen LogP contribution in [0, 0.1) is 0 Å². The van der Waals surface area contributed by atoms with Crippen molar-refractivity contribution in [2.45, 2.75) is 73.8 Å². The van der Waals surface area contributed by atoms with Gasteiger partial charge in [-0.15, -0.1) is 0 Å². The van der Waals surface area contributed by atoms with Crippen molar-refractivity contribution in [2.24, 2.45) is 0 Å². The highest BCUT2D eigenvalue weighted by Gasteiger charge is 2.49. The van der Waals surface area contributed by atoms with Crippen molar-refractivity contribution in [2.75, 3.05) is 19.8 Å². The highest BCUT2D eigenvalue weighted by atomic mass is 16.7. The van der Waals surface area contributed by atoms with Crippen molar-refractivity contribution >= 4 is 0 Å². The maximum atomic E-state index is 10.5. The van der Waals surface area contributed by atoms with Crippen LogP contribution in [0.3, 0.4) is 0 Å². The normalized spacial score (nSPS) is 52.7. The summed E-state index contributed by atoms with van der Waals surface area (Å²) in [7, 11) is 0. The lowest BCUT2D eigenvalue weighted by Crippen LogP contribution is -2.60. The quantitative estimate of drug-likeness (QED) is 0.211. The van der Waals surface area contributed by atoms with E-state index < -0.39 is 80.4 Å². The van der Waals surface area contributed by atoms with Crippen LogP contribution in [-0.4, -0.2) is 134 Å². The summed E-state index contributed by atoms with van der Waals surface area (Å²) in [5.41, 5.74) is 0. The molecule has 0 spiro atoms. The maximum Gasteiger partial charge on any atom is 0.187 e. The highest BCUT2D eigenvalue weighted by molar-refractivity contribution is 4.91. The Balaban J connectivity index is 1.62. The van der Waals surface area contributed by atoms with E-state index in [9.17, 15) is 35.7 Å². The number of aliphatic hydroxyl groups excluding tert-OH is 8. The smallest absolute Gasteiger partial charge is 0.187 e. The van der Waals surface area contributed by atoms with E-state index in [1.807, 2.05) is 0 Å². The van der Waals surface area contributed by atoms with Gasteiger partial charge in [0.15, 0.2) is 18.9 Å². The monoisotopic (exact) mass is 414 g/mol. The summed E-state index contributed by atoms with van der Waals surface area (Å²) in [6, 6.07) is 0. The molecule has 3 aliphatic heterocycles. The maximum absolute atomic E-state index is 10.5. The number of hydrogen-bond acceptors (Lipinski definition) is 13. The Bertz CT molecular complexity index is 508. The van der Waals surface area contributed by atoms with Crippen molar-refractivity contribution in [1.29, 1.82) is 0 Å². The lowest BCUT2D eigenvalue weighted by atomic mass is 10.0. The summed E-state index contributed by atoms with van der Waals surface area (Å²) in [4.78, 5) is 0. The molecule has 3 saturated heterocycles. The molecule has 12 atom stereocenters. The van der Waals surface area contributed by atoms with Crippen LogP contribution in [0.1, 0.15) is 0 Å². The van der Waals surface area contributed by atoms with E-state index in [0.29, 0.717) is 0 Å². The average Bonchev–Trinajstić information content (AvgIpc) is 2.95. The van der Waals surface area contributed by atoms with Gasteiger partial charge in [-0.1, -0.05) is 0 Å². The predicted molar refractivity (Wildman–Crippen MR) is 83.2 cm³/mol. The lowest BCUT2D eigenvalue weighted by Gasteiger charge is -2.42. The summed E-state index contributed by atoms with van der Waals surface area (Å²) in [5, 5.41) is 78.3. The van der Waals surface area contributed by atoms with Crippen LogP contribution in [0.15, 0.2) is 0 Å². The van der Waals surface area contributed by atoms with Gasteiger partial charge in [0.25, 0.3) is 0 Å². The molecule has 28 heavy (non-hydrogen) atoms. The van der Waals surface area contributed by atoms with Gasteiger partial charge in [-0.3, -0.25) is 0 Å². The molecule has 8 N–H and O–H groups in total. The molecule has 0 radical (unpaired) electrons. The van der Waals surface area contributed by atoms with E-state index in [4.69, 9.17) is 28.8 Å². The molecule has 13 nitrogen and oxygen atoms in total. The first kappa shape index (κ1) is 22.2. The van der Waals surface area contributed by atoms with Crippen LogP contribution in [-0.2, 0) is 23.7 Å². The van der Waals surface area contributed by atoms with Crippen LogP contribution in [0.5, 0.6) is 0 Å². The van der Waals surface area contributed by atoms with E-state index in [-0.39, 0.29) is 13.2 Å².